The van der Waals surface area contributed by atoms with Gasteiger partial charge >= 0.3 is 11.9 Å². The van der Waals surface area contributed by atoms with Gasteiger partial charge in [0.2, 0.25) is 5.91 Å². The van der Waals surface area contributed by atoms with Crippen LogP contribution in [-0.2, 0) is 19.1 Å². The monoisotopic (exact) mass is 334 g/mol. The number of carbonyl (C=O) groups excluding carboxylic acids is 3. The molecule has 1 atom stereocenters. The lowest BCUT2D eigenvalue weighted by molar-refractivity contribution is -0.149. The number of nitrogens with one attached hydrogen (secondary N) is 1. The van der Waals surface area contributed by atoms with E-state index in [1.165, 1.54) is 0 Å². The molecule has 1 amide bonds. The topological polar surface area (TPSA) is 94.1 Å². The SMILES string of the molecule is CCOC(=O)CC(=O)Oc1ccc2c(c1)C1=NNC(=O)C1CS2. The second kappa shape index (κ2) is 6.41. The number of esters is 2. The molecular weight excluding hydrogens is 320 g/mol. The van der Waals surface area contributed by atoms with Crippen LogP contribution in [0.3, 0.4) is 0 Å². The van der Waals surface area contributed by atoms with Gasteiger partial charge in [-0.2, -0.15) is 5.10 Å². The highest BCUT2D eigenvalue weighted by molar-refractivity contribution is 7.99. The zero-order valence-electron chi connectivity index (χ0n) is 12.3. The van der Waals surface area contributed by atoms with Gasteiger partial charge in [0.05, 0.1) is 18.2 Å². The van der Waals surface area contributed by atoms with E-state index in [9.17, 15) is 14.4 Å². The van der Waals surface area contributed by atoms with Crippen molar-refractivity contribution in [1.29, 1.82) is 0 Å². The lowest BCUT2D eigenvalue weighted by Crippen LogP contribution is -2.28. The summed E-state index contributed by atoms with van der Waals surface area (Å²) in [5.74, 6) is -0.770. The Labute approximate surface area is 136 Å². The minimum atomic E-state index is -0.689. The predicted octanol–water partition coefficient (Wildman–Crippen LogP) is 1.10. The third kappa shape index (κ3) is 3.21. The van der Waals surface area contributed by atoms with Crippen molar-refractivity contribution in [2.45, 2.75) is 18.2 Å². The number of carbonyl (C=O) groups is 3. The number of amides is 1. The Morgan fingerprint density at radius 1 is 1.39 bits per heavy atom. The van der Waals surface area contributed by atoms with E-state index in [-0.39, 0.29) is 18.4 Å². The molecule has 0 bridgehead atoms. The maximum Gasteiger partial charge on any atom is 0.322 e. The van der Waals surface area contributed by atoms with Gasteiger partial charge in [0.1, 0.15) is 12.2 Å². The molecule has 0 spiro atoms. The highest BCUT2D eigenvalue weighted by Gasteiger charge is 2.36. The fourth-order valence-electron chi connectivity index (χ4n) is 2.37. The van der Waals surface area contributed by atoms with Gasteiger partial charge in [-0.05, 0) is 25.1 Å². The third-order valence-electron chi connectivity index (χ3n) is 3.39. The quantitative estimate of drug-likeness (QED) is 0.503. The summed E-state index contributed by atoms with van der Waals surface area (Å²) >= 11 is 1.56. The van der Waals surface area contributed by atoms with Gasteiger partial charge in [0.15, 0.2) is 0 Å². The summed E-state index contributed by atoms with van der Waals surface area (Å²) in [5.41, 5.74) is 3.90. The van der Waals surface area contributed by atoms with Crippen LogP contribution in [0.25, 0.3) is 0 Å². The maximum absolute atomic E-state index is 11.7. The molecule has 2 heterocycles. The Morgan fingerprint density at radius 2 is 2.22 bits per heavy atom. The number of nitrogens with zero attached hydrogens (tertiary/aromatic N) is 1. The standard InChI is InChI=1S/C15H14N2O5S/c1-2-21-12(18)6-13(19)22-8-3-4-11-9(5-8)14-10(7-23-11)15(20)17-16-14/h3-5,10H,2,6-7H2,1H3,(H,17,20). The summed E-state index contributed by atoms with van der Waals surface area (Å²) in [6, 6.07) is 5.13. The summed E-state index contributed by atoms with van der Waals surface area (Å²) in [6.45, 7) is 1.88. The number of ether oxygens (including phenoxy) is 2. The Hall–Kier alpha value is -2.35. The molecule has 3 rings (SSSR count). The molecule has 0 saturated heterocycles. The van der Waals surface area contributed by atoms with Crippen molar-refractivity contribution in [3.8, 4) is 5.75 Å². The largest absolute Gasteiger partial charge is 0.466 e. The van der Waals surface area contributed by atoms with E-state index in [0.717, 1.165) is 10.5 Å². The predicted molar refractivity (Wildman–Crippen MR) is 82.2 cm³/mol. The van der Waals surface area contributed by atoms with Crippen molar-refractivity contribution in [3.05, 3.63) is 23.8 Å². The van der Waals surface area contributed by atoms with Gasteiger partial charge in [0.25, 0.3) is 0 Å². The van der Waals surface area contributed by atoms with Gasteiger partial charge in [-0.3, -0.25) is 14.4 Å². The summed E-state index contributed by atoms with van der Waals surface area (Å²) < 4.78 is 9.86. The molecule has 8 heteroatoms. The van der Waals surface area contributed by atoms with Crippen molar-refractivity contribution in [2.75, 3.05) is 12.4 Å². The fourth-order valence-corrected chi connectivity index (χ4v) is 3.51. The van der Waals surface area contributed by atoms with Crippen LogP contribution in [-0.4, -0.2) is 35.9 Å². The lowest BCUT2D eigenvalue weighted by Gasteiger charge is -2.20. The van der Waals surface area contributed by atoms with E-state index in [0.29, 0.717) is 17.2 Å². The average Bonchev–Trinajstić information content (AvgIpc) is 2.89. The Bertz CT molecular complexity index is 716. The number of hydrazone groups is 1. The Kier molecular flexibility index (Phi) is 4.33. The minimum Gasteiger partial charge on any atom is -0.466 e. The van der Waals surface area contributed by atoms with Crippen LogP contribution in [0, 0.1) is 5.92 Å². The normalized spacial score (nSPS) is 18.4. The van der Waals surface area contributed by atoms with Gasteiger partial charge < -0.3 is 9.47 Å². The van der Waals surface area contributed by atoms with Crippen molar-refractivity contribution in [1.82, 2.24) is 5.43 Å². The molecular formula is C15H14N2O5S. The zero-order valence-corrected chi connectivity index (χ0v) is 13.1. The molecule has 7 nitrogen and oxygen atoms in total. The first-order valence-corrected chi connectivity index (χ1v) is 8.08. The summed E-state index contributed by atoms with van der Waals surface area (Å²) in [6.07, 6.45) is -0.441. The van der Waals surface area contributed by atoms with Crippen LogP contribution in [0.15, 0.2) is 28.2 Å². The van der Waals surface area contributed by atoms with Gasteiger partial charge in [-0.15, -0.1) is 11.8 Å². The van der Waals surface area contributed by atoms with Crippen molar-refractivity contribution in [3.63, 3.8) is 0 Å². The van der Waals surface area contributed by atoms with Gasteiger partial charge in [-0.25, -0.2) is 5.43 Å². The molecule has 1 aromatic carbocycles. The van der Waals surface area contributed by atoms with E-state index >= 15 is 0 Å². The van der Waals surface area contributed by atoms with Crippen LogP contribution in [0.2, 0.25) is 0 Å². The van der Waals surface area contributed by atoms with Crippen LogP contribution >= 0.6 is 11.8 Å². The first-order chi connectivity index (χ1) is 11.1. The molecule has 0 saturated carbocycles. The smallest absolute Gasteiger partial charge is 0.322 e. The third-order valence-corrected chi connectivity index (χ3v) is 4.56. The number of benzene rings is 1. The van der Waals surface area contributed by atoms with Crippen LogP contribution in [0.4, 0.5) is 0 Å². The Balaban J connectivity index is 1.75. The average molecular weight is 334 g/mol. The lowest BCUT2D eigenvalue weighted by atomic mass is 9.98. The molecule has 0 aliphatic carbocycles. The number of rotatable bonds is 4. The van der Waals surface area contributed by atoms with Crippen molar-refractivity contribution in [2.24, 2.45) is 11.0 Å². The molecule has 1 N–H and O–H groups in total. The molecule has 0 radical (unpaired) electrons. The Morgan fingerprint density at radius 3 is 3.00 bits per heavy atom. The molecule has 120 valence electrons. The number of hydrogen-bond donors (Lipinski definition) is 1. The molecule has 2 aliphatic rings. The summed E-state index contributed by atoms with van der Waals surface area (Å²) in [5, 5.41) is 4.06. The number of thioether (sulfide) groups is 1. The van der Waals surface area contributed by atoms with Gasteiger partial charge in [0, 0.05) is 16.2 Å². The highest BCUT2D eigenvalue weighted by Crippen LogP contribution is 2.36. The van der Waals surface area contributed by atoms with Gasteiger partial charge in [-0.1, -0.05) is 0 Å². The molecule has 1 unspecified atom stereocenters. The second-order valence-corrected chi connectivity index (χ2v) is 6.01. The van der Waals surface area contributed by atoms with Crippen LogP contribution < -0.4 is 10.2 Å². The molecule has 0 fully saturated rings. The minimum absolute atomic E-state index is 0.122. The summed E-state index contributed by atoms with van der Waals surface area (Å²) in [7, 11) is 0. The number of hydrogen-bond acceptors (Lipinski definition) is 7. The van der Waals surface area contributed by atoms with Crippen LogP contribution in [0.1, 0.15) is 18.9 Å². The van der Waals surface area contributed by atoms with E-state index in [2.05, 4.69) is 10.5 Å². The van der Waals surface area contributed by atoms with E-state index in [1.807, 2.05) is 6.07 Å². The first-order valence-electron chi connectivity index (χ1n) is 7.09. The fraction of sp³-hybridized carbons (Fsp3) is 0.333. The van der Waals surface area contributed by atoms with Crippen LogP contribution in [0.5, 0.6) is 5.75 Å². The molecule has 23 heavy (non-hydrogen) atoms. The van der Waals surface area contributed by atoms with E-state index in [4.69, 9.17) is 9.47 Å². The molecule has 1 aromatic rings. The highest BCUT2D eigenvalue weighted by atomic mass is 32.2. The zero-order chi connectivity index (χ0) is 16.4. The second-order valence-electron chi connectivity index (χ2n) is 4.95. The molecule has 2 aliphatic heterocycles. The van der Waals surface area contributed by atoms with Crippen molar-refractivity contribution < 1.29 is 23.9 Å². The summed E-state index contributed by atoms with van der Waals surface area (Å²) in [4.78, 5) is 35.7. The number of fused-ring (bicyclic) bond motifs is 3. The van der Waals surface area contributed by atoms with Crippen molar-refractivity contribution >= 4 is 35.3 Å². The van der Waals surface area contributed by atoms with E-state index < -0.39 is 18.4 Å². The first kappa shape index (κ1) is 15.5. The maximum atomic E-state index is 11.7. The molecule has 0 aromatic heterocycles. The van der Waals surface area contributed by atoms with E-state index in [1.54, 1.807) is 30.8 Å².